The lowest BCUT2D eigenvalue weighted by Gasteiger charge is -2.36. The number of anilines is 1. The van der Waals surface area contributed by atoms with Gasteiger partial charge in [0.25, 0.3) is 0 Å². The summed E-state index contributed by atoms with van der Waals surface area (Å²) in [6, 6.07) is 5.02. The molecule has 0 bridgehead atoms. The molecule has 1 N–H and O–H groups in total. The molecule has 4 nitrogen and oxygen atoms in total. The van der Waals surface area contributed by atoms with Crippen LogP contribution < -0.4 is 10.1 Å². The molecule has 0 atom stereocenters. The number of ether oxygens (including phenoxy) is 1. The summed E-state index contributed by atoms with van der Waals surface area (Å²) in [6.07, 6.45) is 10.8. The fourth-order valence-corrected chi connectivity index (χ4v) is 5.01. The molecule has 7 heteroatoms. The molecule has 0 unspecified atom stereocenters. The third kappa shape index (κ3) is 6.33. The lowest BCUT2D eigenvalue weighted by Crippen LogP contribution is -2.38. The number of carbonyl (C=O) groups excluding carboxylic acids is 2. The lowest BCUT2D eigenvalue weighted by atomic mass is 9.69. The molecule has 0 heterocycles. The Hall–Kier alpha value is -0.850. The monoisotopic (exact) mass is 471 g/mol. The maximum absolute atomic E-state index is 13.4. The van der Waals surface area contributed by atoms with Crippen LogP contribution >= 0.6 is 35.1 Å². The van der Waals surface area contributed by atoms with Gasteiger partial charge in [0.15, 0.2) is 9.83 Å². The molecule has 1 saturated carbocycles. The fraction of sp³-hybridized carbons (Fsp3) is 0.652. The Morgan fingerprint density at radius 3 is 2.40 bits per heavy atom. The second kappa shape index (κ2) is 11.1. The van der Waals surface area contributed by atoms with Crippen LogP contribution in [0.3, 0.4) is 0 Å². The summed E-state index contributed by atoms with van der Waals surface area (Å²) < 4.78 is 4.98. The van der Waals surface area contributed by atoms with Crippen molar-refractivity contribution in [2.75, 3.05) is 17.8 Å². The fourth-order valence-electron chi connectivity index (χ4n) is 3.77. The van der Waals surface area contributed by atoms with Crippen LogP contribution in [-0.4, -0.2) is 28.5 Å². The van der Waals surface area contributed by atoms with E-state index in [1.165, 1.54) is 29.9 Å². The molecule has 0 spiro atoms. The van der Waals surface area contributed by atoms with Gasteiger partial charge >= 0.3 is 5.97 Å². The van der Waals surface area contributed by atoms with Gasteiger partial charge in [0.05, 0.1) is 5.69 Å². The van der Waals surface area contributed by atoms with E-state index < -0.39 is 4.08 Å². The van der Waals surface area contributed by atoms with E-state index in [2.05, 4.69) is 19.2 Å². The zero-order valence-electron chi connectivity index (χ0n) is 18.7. The average Bonchev–Trinajstić information content (AvgIpc) is 2.74. The van der Waals surface area contributed by atoms with Crippen molar-refractivity contribution in [3.63, 3.8) is 0 Å². The van der Waals surface area contributed by atoms with Crippen molar-refractivity contribution in [1.29, 1.82) is 0 Å². The van der Waals surface area contributed by atoms with Crippen LogP contribution in [0.2, 0.25) is 5.02 Å². The number of thioether (sulfide) groups is 2. The molecule has 1 amide bonds. The standard InChI is InChI=1S/C23H34ClNO3S2/c1-16(2)11-14-23(12-7-6-8-13-23)20(26)25-18-10-9-17(24)15-19(18)28-21(27)22(3,29-4)30-5/h9-10,15-16H,6-8,11-14H2,1-5H3,(H,25,26). The molecular weight excluding hydrogens is 438 g/mol. The largest absolute Gasteiger partial charge is 0.423 e. The molecule has 2 rings (SSSR count). The van der Waals surface area contributed by atoms with E-state index in [1.807, 2.05) is 19.4 Å². The van der Waals surface area contributed by atoms with Crippen LogP contribution in [-0.2, 0) is 9.59 Å². The summed E-state index contributed by atoms with van der Waals surface area (Å²) in [5.74, 6) is 0.511. The zero-order chi connectivity index (χ0) is 22.4. The van der Waals surface area contributed by atoms with Gasteiger partial charge in [-0.05, 0) is 63.2 Å². The van der Waals surface area contributed by atoms with Crippen molar-refractivity contribution in [2.45, 2.75) is 69.8 Å². The predicted molar refractivity (Wildman–Crippen MR) is 131 cm³/mol. The molecule has 0 aromatic heterocycles. The van der Waals surface area contributed by atoms with Crippen LogP contribution in [0.5, 0.6) is 5.75 Å². The van der Waals surface area contributed by atoms with Gasteiger partial charge in [-0.2, -0.15) is 0 Å². The molecule has 1 aliphatic carbocycles. The first kappa shape index (κ1) is 25.4. The minimum absolute atomic E-state index is 0.0277. The first-order chi connectivity index (χ1) is 14.2. The zero-order valence-corrected chi connectivity index (χ0v) is 21.1. The summed E-state index contributed by atoms with van der Waals surface area (Å²) in [5.41, 5.74) is 0.146. The van der Waals surface area contributed by atoms with Crippen molar-refractivity contribution >= 4 is 52.7 Å². The van der Waals surface area contributed by atoms with E-state index in [0.717, 1.165) is 38.5 Å². The first-order valence-electron chi connectivity index (χ1n) is 10.6. The topological polar surface area (TPSA) is 55.4 Å². The predicted octanol–water partition coefficient (Wildman–Crippen LogP) is 7.01. The van der Waals surface area contributed by atoms with Crippen LogP contribution in [0.25, 0.3) is 0 Å². The highest BCUT2D eigenvalue weighted by atomic mass is 35.5. The normalized spacial score (nSPS) is 16.4. The summed E-state index contributed by atoms with van der Waals surface area (Å²) in [6.45, 7) is 6.22. The number of hydrogen-bond acceptors (Lipinski definition) is 5. The molecule has 0 saturated heterocycles. The molecule has 0 radical (unpaired) electrons. The molecule has 168 valence electrons. The summed E-state index contributed by atoms with van der Waals surface area (Å²) in [5, 5.41) is 3.53. The number of benzene rings is 1. The highest BCUT2D eigenvalue weighted by Crippen LogP contribution is 2.43. The van der Waals surface area contributed by atoms with Gasteiger partial charge in [-0.25, -0.2) is 4.79 Å². The highest BCUT2D eigenvalue weighted by molar-refractivity contribution is 8.18. The number of carbonyl (C=O) groups is 2. The van der Waals surface area contributed by atoms with Gasteiger partial charge in [-0.1, -0.05) is 44.7 Å². The number of halogens is 1. The number of rotatable bonds is 9. The smallest absolute Gasteiger partial charge is 0.337 e. The summed E-state index contributed by atoms with van der Waals surface area (Å²) in [4.78, 5) is 26.2. The van der Waals surface area contributed by atoms with E-state index in [-0.39, 0.29) is 17.3 Å². The Kier molecular flexibility index (Phi) is 9.44. The van der Waals surface area contributed by atoms with Crippen molar-refractivity contribution in [3.8, 4) is 5.75 Å². The molecule has 30 heavy (non-hydrogen) atoms. The van der Waals surface area contributed by atoms with Gasteiger partial charge in [-0.15, -0.1) is 23.5 Å². The van der Waals surface area contributed by atoms with Crippen LogP contribution in [0, 0.1) is 11.3 Å². The van der Waals surface area contributed by atoms with E-state index in [4.69, 9.17) is 16.3 Å². The number of nitrogens with one attached hydrogen (secondary N) is 1. The Morgan fingerprint density at radius 1 is 1.20 bits per heavy atom. The second-order valence-electron chi connectivity index (χ2n) is 8.61. The summed E-state index contributed by atoms with van der Waals surface area (Å²) in [7, 11) is 0. The number of amides is 1. The first-order valence-corrected chi connectivity index (χ1v) is 13.4. The van der Waals surface area contributed by atoms with E-state index >= 15 is 0 Å². The number of esters is 1. The highest BCUT2D eigenvalue weighted by Gasteiger charge is 2.40. The van der Waals surface area contributed by atoms with Gasteiger partial charge in [-0.3, -0.25) is 4.79 Å². The molecule has 1 aliphatic rings. The Labute approximate surface area is 194 Å². The van der Waals surface area contributed by atoms with Crippen LogP contribution in [0.15, 0.2) is 18.2 Å². The van der Waals surface area contributed by atoms with E-state index in [9.17, 15) is 9.59 Å². The third-order valence-corrected chi connectivity index (χ3v) is 9.16. The molecule has 0 aliphatic heterocycles. The van der Waals surface area contributed by atoms with Gasteiger partial charge in [0, 0.05) is 16.5 Å². The summed E-state index contributed by atoms with van der Waals surface area (Å²) >= 11 is 9.01. The molecular formula is C23H34ClNO3S2. The molecule has 1 aromatic rings. The quantitative estimate of drug-likeness (QED) is 0.238. The van der Waals surface area contributed by atoms with Gasteiger partial charge in [0.2, 0.25) is 5.91 Å². The molecule has 1 aromatic carbocycles. The molecule has 1 fully saturated rings. The second-order valence-corrected chi connectivity index (χ2v) is 11.8. The van der Waals surface area contributed by atoms with Gasteiger partial charge in [0.1, 0.15) is 0 Å². The maximum atomic E-state index is 13.4. The van der Waals surface area contributed by atoms with Crippen LogP contribution in [0.4, 0.5) is 5.69 Å². The van der Waals surface area contributed by atoms with E-state index in [1.54, 1.807) is 18.2 Å². The minimum atomic E-state index is -0.731. The van der Waals surface area contributed by atoms with E-state index in [0.29, 0.717) is 22.4 Å². The SMILES string of the molecule is CSC(C)(SC)C(=O)Oc1cc(Cl)ccc1NC(=O)C1(CCC(C)C)CCCCC1. The minimum Gasteiger partial charge on any atom is -0.423 e. The maximum Gasteiger partial charge on any atom is 0.337 e. The average molecular weight is 472 g/mol. The third-order valence-electron chi connectivity index (χ3n) is 6.04. The lowest BCUT2D eigenvalue weighted by molar-refractivity contribution is -0.134. The Balaban J connectivity index is 2.26. The van der Waals surface area contributed by atoms with Crippen molar-refractivity contribution in [1.82, 2.24) is 0 Å². The van der Waals surface area contributed by atoms with Crippen molar-refractivity contribution < 1.29 is 14.3 Å². The van der Waals surface area contributed by atoms with Gasteiger partial charge < -0.3 is 10.1 Å². The van der Waals surface area contributed by atoms with Crippen molar-refractivity contribution in [3.05, 3.63) is 23.2 Å². The Bertz CT molecular complexity index is 744. The number of hydrogen-bond donors (Lipinski definition) is 1. The Morgan fingerprint density at radius 2 is 1.83 bits per heavy atom. The van der Waals surface area contributed by atoms with Crippen LogP contribution in [0.1, 0.15) is 65.7 Å². The van der Waals surface area contributed by atoms with Crippen molar-refractivity contribution in [2.24, 2.45) is 11.3 Å².